The molecule has 0 saturated heterocycles. The van der Waals surface area contributed by atoms with E-state index in [0.717, 1.165) is 24.8 Å². The first-order chi connectivity index (χ1) is 8.84. The van der Waals surface area contributed by atoms with Crippen molar-refractivity contribution in [3.63, 3.8) is 0 Å². The van der Waals surface area contributed by atoms with Crippen molar-refractivity contribution in [1.29, 1.82) is 0 Å². The number of hydrogen-bond acceptors (Lipinski definition) is 3. The first-order valence-electron chi connectivity index (χ1n) is 6.52. The van der Waals surface area contributed by atoms with Crippen LogP contribution < -0.4 is 10.6 Å². The van der Waals surface area contributed by atoms with Crippen molar-refractivity contribution in [3.05, 3.63) is 16.0 Å². The van der Waals surface area contributed by atoms with Gasteiger partial charge in [-0.1, -0.05) is 20.8 Å². The first-order valence-corrected chi connectivity index (χ1v) is 7.34. The zero-order chi connectivity index (χ0) is 14.2. The van der Waals surface area contributed by atoms with Crippen LogP contribution in [0.5, 0.6) is 0 Å². The fourth-order valence-corrected chi connectivity index (χ4v) is 3.43. The van der Waals surface area contributed by atoms with Crippen LogP contribution in [0, 0.1) is 5.41 Å². The van der Waals surface area contributed by atoms with E-state index in [1.54, 1.807) is 18.4 Å². The summed E-state index contributed by atoms with van der Waals surface area (Å²) in [5, 5.41) is 6.28. The van der Waals surface area contributed by atoms with Gasteiger partial charge >= 0.3 is 0 Å². The number of anilines is 1. The molecule has 0 atom stereocenters. The standard InChI is InChI=1S/C14H20N2O2S/c1-14(2,3)13(18)16-12-10(11(17)15-4)8-6-5-7-9(8)19-12/h5-7H2,1-4H3,(H,15,17)(H,16,18). The van der Waals surface area contributed by atoms with Gasteiger partial charge in [0.15, 0.2) is 0 Å². The molecule has 4 nitrogen and oxygen atoms in total. The molecule has 1 aromatic heterocycles. The Bertz CT molecular complexity index is 526. The Balaban J connectivity index is 2.36. The lowest BCUT2D eigenvalue weighted by Crippen LogP contribution is -2.29. The number of rotatable bonds is 2. The van der Waals surface area contributed by atoms with Crippen molar-refractivity contribution in [2.45, 2.75) is 40.0 Å². The molecule has 2 rings (SSSR count). The van der Waals surface area contributed by atoms with E-state index in [1.807, 2.05) is 20.8 Å². The molecule has 0 aliphatic heterocycles. The zero-order valence-corrected chi connectivity index (χ0v) is 12.7. The molecule has 1 aliphatic carbocycles. The van der Waals surface area contributed by atoms with Crippen LogP contribution in [-0.4, -0.2) is 18.9 Å². The summed E-state index contributed by atoms with van der Waals surface area (Å²) in [5.41, 5.74) is 1.32. The number of carbonyl (C=O) groups excluding carboxylic acids is 2. The third kappa shape index (κ3) is 2.66. The number of nitrogens with one attached hydrogen (secondary N) is 2. The van der Waals surface area contributed by atoms with Gasteiger partial charge in [0.2, 0.25) is 5.91 Å². The van der Waals surface area contributed by atoms with Crippen LogP contribution in [-0.2, 0) is 17.6 Å². The molecule has 0 saturated carbocycles. The SMILES string of the molecule is CNC(=O)c1c(NC(=O)C(C)(C)C)sc2c1CCC2. The van der Waals surface area contributed by atoms with Crippen molar-refractivity contribution < 1.29 is 9.59 Å². The van der Waals surface area contributed by atoms with Crippen molar-refractivity contribution in [2.24, 2.45) is 5.41 Å². The molecule has 1 heterocycles. The molecule has 1 aromatic rings. The van der Waals surface area contributed by atoms with Gasteiger partial charge in [-0.05, 0) is 24.8 Å². The number of hydrogen-bond donors (Lipinski definition) is 2. The van der Waals surface area contributed by atoms with Gasteiger partial charge in [-0.15, -0.1) is 11.3 Å². The highest BCUT2D eigenvalue weighted by molar-refractivity contribution is 7.17. The summed E-state index contributed by atoms with van der Waals surface area (Å²) >= 11 is 1.54. The van der Waals surface area contributed by atoms with Gasteiger partial charge in [-0.25, -0.2) is 0 Å². The number of aryl methyl sites for hydroxylation is 1. The highest BCUT2D eigenvalue weighted by atomic mass is 32.1. The predicted octanol–water partition coefficient (Wildman–Crippen LogP) is 2.58. The summed E-state index contributed by atoms with van der Waals surface area (Å²) in [6.07, 6.45) is 3.04. The molecule has 0 fully saturated rings. The molecule has 0 spiro atoms. The summed E-state index contributed by atoms with van der Waals surface area (Å²) < 4.78 is 0. The highest BCUT2D eigenvalue weighted by Crippen LogP contribution is 2.39. The quantitative estimate of drug-likeness (QED) is 0.874. The fraction of sp³-hybridized carbons (Fsp3) is 0.571. The molecular weight excluding hydrogens is 260 g/mol. The maximum atomic E-state index is 12.1. The Morgan fingerprint density at radius 3 is 2.47 bits per heavy atom. The van der Waals surface area contributed by atoms with Crippen LogP contribution in [0.4, 0.5) is 5.00 Å². The van der Waals surface area contributed by atoms with Gasteiger partial charge in [0.1, 0.15) is 5.00 Å². The van der Waals surface area contributed by atoms with E-state index in [9.17, 15) is 9.59 Å². The third-order valence-corrected chi connectivity index (χ3v) is 4.49. The maximum absolute atomic E-state index is 12.1. The van der Waals surface area contributed by atoms with Gasteiger partial charge in [-0.2, -0.15) is 0 Å². The number of amides is 2. The molecule has 2 amide bonds. The summed E-state index contributed by atoms with van der Waals surface area (Å²) in [6.45, 7) is 5.59. The Morgan fingerprint density at radius 1 is 1.21 bits per heavy atom. The molecule has 2 N–H and O–H groups in total. The summed E-state index contributed by atoms with van der Waals surface area (Å²) in [6, 6.07) is 0. The largest absolute Gasteiger partial charge is 0.355 e. The Labute approximate surface area is 117 Å². The van der Waals surface area contributed by atoms with Crippen molar-refractivity contribution in [2.75, 3.05) is 12.4 Å². The van der Waals surface area contributed by atoms with E-state index in [4.69, 9.17) is 0 Å². The normalized spacial score (nSPS) is 14.1. The molecule has 0 radical (unpaired) electrons. The van der Waals surface area contributed by atoms with Crippen LogP contribution >= 0.6 is 11.3 Å². The van der Waals surface area contributed by atoms with E-state index in [2.05, 4.69) is 10.6 Å². The van der Waals surface area contributed by atoms with Gasteiger partial charge in [0, 0.05) is 17.3 Å². The van der Waals surface area contributed by atoms with Crippen LogP contribution in [0.2, 0.25) is 0 Å². The molecule has 104 valence electrons. The third-order valence-electron chi connectivity index (χ3n) is 3.28. The summed E-state index contributed by atoms with van der Waals surface area (Å²) in [7, 11) is 1.62. The van der Waals surface area contributed by atoms with Gasteiger partial charge in [0.05, 0.1) is 5.56 Å². The average Bonchev–Trinajstić information content (AvgIpc) is 2.86. The van der Waals surface area contributed by atoms with E-state index in [1.165, 1.54) is 4.88 Å². The van der Waals surface area contributed by atoms with Crippen LogP contribution in [0.1, 0.15) is 48.0 Å². The Kier molecular flexibility index (Phi) is 3.67. The monoisotopic (exact) mass is 280 g/mol. The Hall–Kier alpha value is -1.36. The highest BCUT2D eigenvalue weighted by Gasteiger charge is 2.29. The van der Waals surface area contributed by atoms with Crippen LogP contribution in [0.3, 0.4) is 0 Å². The van der Waals surface area contributed by atoms with E-state index in [-0.39, 0.29) is 11.8 Å². The Morgan fingerprint density at radius 2 is 1.89 bits per heavy atom. The van der Waals surface area contributed by atoms with E-state index >= 15 is 0 Å². The molecule has 0 unspecified atom stereocenters. The average molecular weight is 280 g/mol. The van der Waals surface area contributed by atoms with E-state index in [0.29, 0.717) is 10.6 Å². The summed E-state index contributed by atoms with van der Waals surface area (Å²) in [4.78, 5) is 25.4. The first kappa shape index (κ1) is 14.1. The zero-order valence-electron chi connectivity index (χ0n) is 11.8. The minimum Gasteiger partial charge on any atom is -0.355 e. The minimum atomic E-state index is -0.464. The van der Waals surface area contributed by atoms with Crippen molar-refractivity contribution in [1.82, 2.24) is 5.32 Å². The summed E-state index contributed by atoms with van der Waals surface area (Å²) in [5.74, 6) is -0.166. The van der Waals surface area contributed by atoms with Gasteiger partial charge in [0.25, 0.3) is 5.91 Å². The number of fused-ring (bicyclic) bond motifs is 1. The molecule has 19 heavy (non-hydrogen) atoms. The van der Waals surface area contributed by atoms with Gasteiger partial charge in [-0.3, -0.25) is 9.59 Å². The predicted molar refractivity (Wildman–Crippen MR) is 77.8 cm³/mol. The second-order valence-corrected chi connectivity index (χ2v) is 6.95. The molecular formula is C14H20N2O2S. The second kappa shape index (κ2) is 4.96. The minimum absolute atomic E-state index is 0.0578. The van der Waals surface area contributed by atoms with Gasteiger partial charge < -0.3 is 10.6 Å². The number of thiophene rings is 1. The van der Waals surface area contributed by atoms with Crippen molar-refractivity contribution >= 4 is 28.2 Å². The molecule has 0 bridgehead atoms. The van der Waals surface area contributed by atoms with Crippen LogP contribution in [0.15, 0.2) is 0 Å². The maximum Gasteiger partial charge on any atom is 0.254 e. The smallest absolute Gasteiger partial charge is 0.254 e. The number of carbonyl (C=O) groups is 2. The fourth-order valence-electron chi connectivity index (χ4n) is 2.15. The molecule has 5 heteroatoms. The lowest BCUT2D eigenvalue weighted by molar-refractivity contribution is -0.123. The second-order valence-electron chi connectivity index (χ2n) is 5.84. The van der Waals surface area contributed by atoms with Crippen molar-refractivity contribution in [3.8, 4) is 0 Å². The lowest BCUT2D eigenvalue weighted by atomic mass is 9.95. The molecule has 1 aliphatic rings. The topological polar surface area (TPSA) is 58.2 Å². The molecule has 0 aromatic carbocycles. The van der Waals surface area contributed by atoms with E-state index < -0.39 is 5.41 Å². The van der Waals surface area contributed by atoms with Crippen LogP contribution in [0.25, 0.3) is 0 Å². The lowest BCUT2D eigenvalue weighted by Gasteiger charge is -2.17.